The van der Waals surface area contributed by atoms with Gasteiger partial charge in [0.05, 0.1) is 5.54 Å². The van der Waals surface area contributed by atoms with Gasteiger partial charge in [-0.15, -0.1) is 0 Å². The van der Waals surface area contributed by atoms with Crippen LogP contribution in [0, 0.1) is 0 Å². The van der Waals surface area contributed by atoms with E-state index in [0.717, 1.165) is 45.1 Å². The summed E-state index contributed by atoms with van der Waals surface area (Å²) < 4.78 is 0. The highest BCUT2D eigenvalue weighted by atomic mass is 16.1. The van der Waals surface area contributed by atoms with Gasteiger partial charge < -0.3 is 5.32 Å². The summed E-state index contributed by atoms with van der Waals surface area (Å²) in [6.45, 7) is 3.08. The van der Waals surface area contributed by atoms with E-state index >= 15 is 0 Å². The van der Waals surface area contributed by atoms with Gasteiger partial charge in [0.25, 0.3) is 0 Å². The number of carbonyl (C=O) groups excluding carboxylic acids is 1. The number of nitrogens with one attached hydrogen (secondary N) is 1. The van der Waals surface area contributed by atoms with Gasteiger partial charge in [-0.05, 0) is 37.8 Å². The first-order valence-corrected chi connectivity index (χ1v) is 7.09. The minimum absolute atomic E-state index is 0.296. The number of Topliss-reactive ketones (excluding diaryl/α,β-unsaturated/α-hetero) is 1. The minimum atomic E-state index is -0.296. The highest BCUT2D eigenvalue weighted by molar-refractivity contribution is 5.89. The van der Waals surface area contributed by atoms with Gasteiger partial charge >= 0.3 is 0 Å². The molecule has 1 aromatic carbocycles. The van der Waals surface area contributed by atoms with Crippen molar-refractivity contribution >= 4 is 5.78 Å². The van der Waals surface area contributed by atoms with E-state index < -0.39 is 0 Å². The molecule has 0 unspecified atom stereocenters. The van der Waals surface area contributed by atoms with Crippen LogP contribution in [0.15, 0.2) is 30.3 Å². The highest BCUT2D eigenvalue weighted by Crippen LogP contribution is 2.28. The average Bonchev–Trinajstić information content (AvgIpc) is 2.41. The fourth-order valence-corrected chi connectivity index (χ4v) is 2.84. The van der Waals surface area contributed by atoms with Gasteiger partial charge in [-0.3, -0.25) is 4.79 Å². The Morgan fingerprint density at radius 3 is 2.67 bits per heavy atom. The molecule has 1 aliphatic carbocycles. The topological polar surface area (TPSA) is 29.1 Å². The van der Waals surface area contributed by atoms with Gasteiger partial charge in [-0.1, -0.05) is 43.7 Å². The summed E-state index contributed by atoms with van der Waals surface area (Å²) in [4.78, 5) is 12.4. The van der Waals surface area contributed by atoms with Gasteiger partial charge in [0, 0.05) is 6.42 Å². The molecule has 2 rings (SSSR count). The highest BCUT2D eigenvalue weighted by Gasteiger charge is 2.38. The number of hydrogen-bond donors (Lipinski definition) is 1. The van der Waals surface area contributed by atoms with E-state index in [1.54, 1.807) is 0 Å². The van der Waals surface area contributed by atoms with Crippen molar-refractivity contribution in [3.63, 3.8) is 0 Å². The molecule has 2 nitrogen and oxygen atoms in total. The van der Waals surface area contributed by atoms with Crippen LogP contribution in [-0.2, 0) is 11.2 Å². The Morgan fingerprint density at radius 2 is 2.00 bits per heavy atom. The molecule has 0 aliphatic heterocycles. The van der Waals surface area contributed by atoms with E-state index in [-0.39, 0.29) is 5.54 Å². The standard InChI is InChI=1S/C16H23NO/c1-2-12-17-16(11-7-6-10-15(16)18)13-14-8-4-3-5-9-14/h3-5,8-9,17H,2,6-7,10-13H2,1H3/t16-/m0/s1. The first-order valence-electron chi connectivity index (χ1n) is 7.09. The SMILES string of the molecule is CCCN[C@]1(Cc2ccccc2)CCCCC1=O. The quantitative estimate of drug-likeness (QED) is 0.863. The summed E-state index contributed by atoms with van der Waals surface area (Å²) in [7, 11) is 0. The summed E-state index contributed by atoms with van der Waals surface area (Å²) in [5.41, 5.74) is 0.964. The van der Waals surface area contributed by atoms with Crippen LogP contribution in [0.25, 0.3) is 0 Å². The average molecular weight is 245 g/mol. The monoisotopic (exact) mass is 245 g/mol. The van der Waals surface area contributed by atoms with Gasteiger partial charge in [0.1, 0.15) is 0 Å². The van der Waals surface area contributed by atoms with E-state index in [0.29, 0.717) is 5.78 Å². The predicted molar refractivity (Wildman–Crippen MR) is 74.6 cm³/mol. The zero-order chi connectivity index (χ0) is 12.8. The van der Waals surface area contributed by atoms with Crippen molar-refractivity contribution < 1.29 is 4.79 Å². The van der Waals surface area contributed by atoms with Crippen LogP contribution >= 0.6 is 0 Å². The second-order valence-corrected chi connectivity index (χ2v) is 5.30. The molecule has 0 heterocycles. The Kier molecular flexibility index (Phi) is 4.54. The lowest BCUT2D eigenvalue weighted by molar-refractivity contribution is -0.127. The van der Waals surface area contributed by atoms with Crippen molar-refractivity contribution in [1.82, 2.24) is 5.32 Å². The van der Waals surface area contributed by atoms with Crippen LogP contribution in [0.2, 0.25) is 0 Å². The molecule has 0 spiro atoms. The minimum Gasteiger partial charge on any atom is -0.305 e. The molecule has 18 heavy (non-hydrogen) atoms. The van der Waals surface area contributed by atoms with Gasteiger partial charge in [-0.25, -0.2) is 0 Å². The molecule has 1 atom stereocenters. The van der Waals surface area contributed by atoms with Crippen LogP contribution in [-0.4, -0.2) is 17.9 Å². The molecule has 0 bridgehead atoms. The van der Waals surface area contributed by atoms with E-state index in [9.17, 15) is 4.79 Å². The molecule has 1 fully saturated rings. The van der Waals surface area contributed by atoms with E-state index in [2.05, 4.69) is 36.5 Å². The molecule has 0 amide bonds. The lowest BCUT2D eigenvalue weighted by atomic mass is 9.76. The third-order valence-corrected chi connectivity index (χ3v) is 3.85. The Balaban J connectivity index is 2.16. The Bertz CT molecular complexity index is 387. The van der Waals surface area contributed by atoms with Crippen LogP contribution < -0.4 is 5.32 Å². The van der Waals surface area contributed by atoms with Crippen molar-refractivity contribution in [3.8, 4) is 0 Å². The molecular formula is C16H23NO. The molecular weight excluding hydrogens is 222 g/mol. The second-order valence-electron chi connectivity index (χ2n) is 5.30. The zero-order valence-corrected chi connectivity index (χ0v) is 11.2. The summed E-state index contributed by atoms with van der Waals surface area (Å²) in [6, 6.07) is 10.4. The summed E-state index contributed by atoms with van der Waals surface area (Å²) in [5, 5.41) is 3.53. The fourth-order valence-electron chi connectivity index (χ4n) is 2.84. The molecule has 98 valence electrons. The number of hydrogen-bond acceptors (Lipinski definition) is 2. The Morgan fingerprint density at radius 1 is 1.22 bits per heavy atom. The molecule has 0 radical (unpaired) electrons. The van der Waals surface area contributed by atoms with Crippen molar-refractivity contribution in [2.75, 3.05) is 6.54 Å². The maximum atomic E-state index is 12.4. The summed E-state index contributed by atoms with van der Waals surface area (Å²) in [5.74, 6) is 0.408. The predicted octanol–water partition coefficient (Wildman–Crippen LogP) is 3.11. The first kappa shape index (κ1) is 13.3. The third kappa shape index (κ3) is 2.99. The zero-order valence-electron chi connectivity index (χ0n) is 11.2. The number of ketones is 1. The molecule has 1 saturated carbocycles. The molecule has 1 aromatic rings. The second kappa shape index (κ2) is 6.14. The number of carbonyl (C=O) groups is 1. The lowest BCUT2D eigenvalue weighted by Gasteiger charge is -2.37. The maximum absolute atomic E-state index is 12.4. The smallest absolute Gasteiger partial charge is 0.153 e. The van der Waals surface area contributed by atoms with Crippen LogP contribution in [0.1, 0.15) is 44.6 Å². The van der Waals surface area contributed by atoms with E-state index in [4.69, 9.17) is 0 Å². The van der Waals surface area contributed by atoms with Crippen LogP contribution in [0.5, 0.6) is 0 Å². The fraction of sp³-hybridized carbons (Fsp3) is 0.562. The number of rotatable bonds is 5. The lowest BCUT2D eigenvalue weighted by Crippen LogP contribution is -2.55. The van der Waals surface area contributed by atoms with Gasteiger partial charge in [0.2, 0.25) is 0 Å². The summed E-state index contributed by atoms with van der Waals surface area (Å²) in [6.07, 6.45) is 5.86. The normalized spacial score (nSPS) is 24.2. The van der Waals surface area contributed by atoms with Crippen LogP contribution in [0.4, 0.5) is 0 Å². The molecule has 2 heteroatoms. The van der Waals surface area contributed by atoms with Crippen molar-refractivity contribution in [1.29, 1.82) is 0 Å². The summed E-state index contributed by atoms with van der Waals surface area (Å²) >= 11 is 0. The van der Waals surface area contributed by atoms with Crippen molar-refractivity contribution in [2.24, 2.45) is 0 Å². The first-order chi connectivity index (χ1) is 8.77. The largest absolute Gasteiger partial charge is 0.305 e. The van der Waals surface area contributed by atoms with Gasteiger partial charge in [0.15, 0.2) is 5.78 Å². The third-order valence-electron chi connectivity index (χ3n) is 3.85. The number of benzene rings is 1. The Labute approximate surface area is 110 Å². The Hall–Kier alpha value is -1.15. The molecule has 0 saturated heterocycles. The maximum Gasteiger partial charge on any atom is 0.153 e. The molecule has 1 N–H and O–H groups in total. The van der Waals surface area contributed by atoms with E-state index in [1.807, 2.05) is 6.07 Å². The van der Waals surface area contributed by atoms with E-state index in [1.165, 1.54) is 5.56 Å². The molecule has 0 aromatic heterocycles. The van der Waals surface area contributed by atoms with Crippen molar-refractivity contribution in [3.05, 3.63) is 35.9 Å². The van der Waals surface area contributed by atoms with Crippen molar-refractivity contribution in [2.45, 2.75) is 51.0 Å². The van der Waals surface area contributed by atoms with Gasteiger partial charge in [-0.2, -0.15) is 0 Å². The van der Waals surface area contributed by atoms with Crippen LogP contribution in [0.3, 0.4) is 0 Å². The molecule has 1 aliphatic rings.